The molecule has 1 N–H and O–H groups in total. The topological polar surface area (TPSA) is 29.5 Å². The predicted molar refractivity (Wildman–Crippen MR) is 51.3 cm³/mol. The molecule has 1 aromatic rings. The summed E-state index contributed by atoms with van der Waals surface area (Å²) in [5.74, 6) is 0.0530. The van der Waals surface area contributed by atoms with Crippen molar-refractivity contribution in [3.8, 4) is 5.75 Å². The van der Waals surface area contributed by atoms with Gasteiger partial charge in [0.05, 0.1) is 18.2 Å². The lowest BCUT2D eigenvalue weighted by molar-refractivity contribution is 0.274. The molecule has 0 spiro atoms. The standard InChI is InChI=1S/C9H10BrFO2/c1-5-8(11)6(4-12)3-7(10)9(5)13-2/h3,12H,4H2,1-2H3. The van der Waals surface area contributed by atoms with Gasteiger partial charge in [0.15, 0.2) is 0 Å². The molecule has 0 heterocycles. The normalized spacial score (nSPS) is 10.2. The lowest BCUT2D eigenvalue weighted by Gasteiger charge is -2.10. The molecule has 1 rings (SSSR count). The van der Waals surface area contributed by atoms with Gasteiger partial charge in [-0.2, -0.15) is 0 Å². The first-order valence-electron chi connectivity index (χ1n) is 3.74. The van der Waals surface area contributed by atoms with E-state index in [0.717, 1.165) is 0 Å². The van der Waals surface area contributed by atoms with Gasteiger partial charge in [-0.1, -0.05) is 0 Å². The summed E-state index contributed by atoms with van der Waals surface area (Å²) < 4.78 is 19.0. The lowest BCUT2D eigenvalue weighted by atomic mass is 10.1. The van der Waals surface area contributed by atoms with Crippen LogP contribution in [0.1, 0.15) is 11.1 Å². The Kier molecular flexibility index (Phi) is 3.27. The maximum absolute atomic E-state index is 13.4. The van der Waals surface area contributed by atoms with Crippen LogP contribution in [0.15, 0.2) is 10.5 Å². The quantitative estimate of drug-likeness (QED) is 0.871. The van der Waals surface area contributed by atoms with E-state index in [0.29, 0.717) is 15.8 Å². The number of ether oxygens (including phenoxy) is 1. The molecule has 0 saturated carbocycles. The van der Waals surface area contributed by atoms with Gasteiger partial charge in [0, 0.05) is 11.1 Å². The zero-order valence-electron chi connectivity index (χ0n) is 7.40. The maximum atomic E-state index is 13.4. The molecular formula is C9H10BrFO2. The van der Waals surface area contributed by atoms with Crippen molar-refractivity contribution in [3.63, 3.8) is 0 Å². The number of aliphatic hydroxyl groups excluding tert-OH is 1. The van der Waals surface area contributed by atoms with Gasteiger partial charge in [-0.3, -0.25) is 0 Å². The number of halogens is 2. The van der Waals surface area contributed by atoms with Crippen LogP contribution >= 0.6 is 15.9 Å². The molecule has 1 aromatic carbocycles. The molecule has 0 atom stereocenters. The molecule has 0 aromatic heterocycles. The van der Waals surface area contributed by atoms with Crippen molar-refractivity contribution in [1.29, 1.82) is 0 Å². The van der Waals surface area contributed by atoms with Crippen molar-refractivity contribution in [2.75, 3.05) is 7.11 Å². The second-order valence-corrected chi connectivity index (χ2v) is 3.50. The summed E-state index contributed by atoms with van der Waals surface area (Å²) in [5.41, 5.74) is 0.672. The van der Waals surface area contributed by atoms with Crippen LogP contribution in [0.5, 0.6) is 5.75 Å². The minimum atomic E-state index is -0.414. The van der Waals surface area contributed by atoms with Crippen molar-refractivity contribution < 1.29 is 14.2 Å². The first-order chi connectivity index (χ1) is 6.11. The van der Waals surface area contributed by atoms with Crippen molar-refractivity contribution in [2.24, 2.45) is 0 Å². The van der Waals surface area contributed by atoms with E-state index in [1.165, 1.54) is 13.2 Å². The molecular weight excluding hydrogens is 239 g/mol. The molecule has 13 heavy (non-hydrogen) atoms. The second-order valence-electron chi connectivity index (χ2n) is 2.65. The van der Waals surface area contributed by atoms with Crippen molar-refractivity contribution in [1.82, 2.24) is 0 Å². The third kappa shape index (κ3) is 1.84. The summed E-state index contributed by atoms with van der Waals surface area (Å²) in [5, 5.41) is 8.83. The van der Waals surface area contributed by atoms with E-state index >= 15 is 0 Å². The van der Waals surface area contributed by atoms with E-state index in [1.54, 1.807) is 6.92 Å². The fourth-order valence-corrected chi connectivity index (χ4v) is 1.90. The number of hydrogen-bond acceptors (Lipinski definition) is 2. The minimum Gasteiger partial charge on any atom is -0.495 e. The molecule has 72 valence electrons. The fraction of sp³-hybridized carbons (Fsp3) is 0.333. The maximum Gasteiger partial charge on any atom is 0.138 e. The summed E-state index contributed by atoms with van der Waals surface area (Å²) in [6, 6.07) is 1.52. The van der Waals surface area contributed by atoms with Crippen molar-refractivity contribution in [3.05, 3.63) is 27.5 Å². The van der Waals surface area contributed by atoms with Crippen LogP contribution in [0.2, 0.25) is 0 Å². The SMILES string of the molecule is COc1c(Br)cc(CO)c(F)c1C. The molecule has 2 nitrogen and oxygen atoms in total. The van der Waals surface area contributed by atoms with Gasteiger partial charge in [-0.05, 0) is 28.9 Å². The number of aliphatic hydroxyl groups is 1. The van der Waals surface area contributed by atoms with Crippen molar-refractivity contribution in [2.45, 2.75) is 13.5 Å². The fourth-order valence-electron chi connectivity index (χ4n) is 1.17. The summed E-state index contributed by atoms with van der Waals surface area (Å²) in [4.78, 5) is 0. The zero-order valence-corrected chi connectivity index (χ0v) is 8.98. The highest BCUT2D eigenvalue weighted by Crippen LogP contribution is 2.32. The molecule has 0 unspecified atom stereocenters. The molecule has 0 aliphatic rings. The van der Waals surface area contributed by atoms with E-state index in [-0.39, 0.29) is 12.2 Å². The van der Waals surface area contributed by atoms with Crippen LogP contribution in [0, 0.1) is 12.7 Å². The summed E-state index contributed by atoms with van der Waals surface area (Å²) in [7, 11) is 1.48. The van der Waals surface area contributed by atoms with Crippen LogP contribution < -0.4 is 4.74 Å². The van der Waals surface area contributed by atoms with Crippen LogP contribution in [0.4, 0.5) is 4.39 Å². The number of methoxy groups -OCH3 is 1. The van der Waals surface area contributed by atoms with Gasteiger partial charge in [0.25, 0.3) is 0 Å². The van der Waals surface area contributed by atoms with Crippen molar-refractivity contribution >= 4 is 15.9 Å². The molecule has 4 heteroatoms. The highest BCUT2D eigenvalue weighted by atomic mass is 79.9. The average Bonchev–Trinajstić information content (AvgIpc) is 2.12. The summed E-state index contributed by atoms with van der Waals surface area (Å²) in [6.45, 7) is 1.30. The highest BCUT2D eigenvalue weighted by molar-refractivity contribution is 9.10. The zero-order chi connectivity index (χ0) is 10.0. The van der Waals surface area contributed by atoms with Gasteiger partial charge in [0.2, 0.25) is 0 Å². The molecule has 0 bridgehead atoms. The van der Waals surface area contributed by atoms with Gasteiger partial charge in [0.1, 0.15) is 11.6 Å². The first-order valence-corrected chi connectivity index (χ1v) is 4.53. The van der Waals surface area contributed by atoms with Crippen LogP contribution in [-0.2, 0) is 6.61 Å². The van der Waals surface area contributed by atoms with Crippen LogP contribution in [-0.4, -0.2) is 12.2 Å². The highest BCUT2D eigenvalue weighted by Gasteiger charge is 2.13. The molecule has 0 aliphatic heterocycles. The molecule has 0 saturated heterocycles. The Bertz CT molecular complexity index is 326. The van der Waals surface area contributed by atoms with Crippen LogP contribution in [0.25, 0.3) is 0 Å². The molecule has 0 radical (unpaired) electrons. The second kappa shape index (κ2) is 4.07. The average molecular weight is 249 g/mol. The Balaban J connectivity index is 3.37. The number of hydrogen-bond donors (Lipinski definition) is 1. The van der Waals surface area contributed by atoms with E-state index in [2.05, 4.69) is 15.9 Å². The van der Waals surface area contributed by atoms with Gasteiger partial charge < -0.3 is 9.84 Å². The van der Waals surface area contributed by atoms with E-state index in [9.17, 15) is 4.39 Å². The molecule has 0 aliphatic carbocycles. The Morgan fingerprint density at radius 3 is 2.69 bits per heavy atom. The molecule has 0 amide bonds. The summed E-state index contributed by atoms with van der Waals surface area (Å²) in [6.07, 6.45) is 0. The van der Waals surface area contributed by atoms with Crippen LogP contribution in [0.3, 0.4) is 0 Å². The third-order valence-electron chi connectivity index (χ3n) is 1.84. The van der Waals surface area contributed by atoms with Gasteiger partial charge in [-0.15, -0.1) is 0 Å². The number of benzene rings is 1. The Hall–Kier alpha value is -0.610. The molecule has 0 fully saturated rings. The predicted octanol–water partition coefficient (Wildman–Crippen LogP) is 2.40. The van der Waals surface area contributed by atoms with E-state index < -0.39 is 5.82 Å². The minimum absolute atomic E-state index is 0.269. The van der Waals surface area contributed by atoms with Gasteiger partial charge >= 0.3 is 0 Å². The number of rotatable bonds is 2. The first kappa shape index (κ1) is 10.5. The van der Waals surface area contributed by atoms with E-state index in [1.807, 2.05) is 0 Å². The summed E-state index contributed by atoms with van der Waals surface area (Å²) >= 11 is 3.23. The van der Waals surface area contributed by atoms with E-state index in [4.69, 9.17) is 9.84 Å². The smallest absolute Gasteiger partial charge is 0.138 e. The monoisotopic (exact) mass is 248 g/mol. The Labute approximate surface area is 84.5 Å². The Morgan fingerprint density at radius 2 is 2.23 bits per heavy atom. The van der Waals surface area contributed by atoms with Gasteiger partial charge in [-0.25, -0.2) is 4.39 Å². The largest absolute Gasteiger partial charge is 0.495 e. The Morgan fingerprint density at radius 1 is 1.62 bits per heavy atom. The lowest BCUT2D eigenvalue weighted by Crippen LogP contribution is -1.98. The third-order valence-corrected chi connectivity index (χ3v) is 2.43.